The van der Waals surface area contributed by atoms with Crippen LogP contribution in [-0.2, 0) is 14.3 Å². The molecule has 1 aromatic heterocycles. The predicted molar refractivity (Wildman–Crippen MR) is 111 cm³/mol. The van der Waals surface area contributed by atoms with E-state index in [9.17, 15) is 19.5 Å². The number of rotatable bonds is 6. The Balaban J connectivity index is 1.88. The molecule has 29 heavy (non-hydrogen) atoms. The molecule has 0 saturated heterocycles. The molecule has 1 aliphatic carbocycles. The third-order valence-corrected chi connectivity index (χ3v) is 6.44. The molecule has 152 valence electrons. The lowest BCUT2D eigenvalue weighted by Crippen LogP contribution is -2.34. The van der Waals surface area contributed by atoms with Crippen LogP contribution in [-0.4, -0.2) is 30.1 Å². The van der Waals surface area contributed by atoms with Crippen LogP contribution in [0.1, 0.15) is 46.5 Å². The number of esters is 1. The second-order valence-electron chi connectivity index (χ2n) is 7.00. The van der Waals surface area contributed by atoms with E-state index in [2.05, 4.69) is 5.32 Å². The fourth-order valence-corrected chi connectivity index (χ4v) is 4.59. The molecule has 0 fully saturated rings. The van der Waals surface area contributed by atoms with Crippen molar-refractivity contribution < 1.29 is 24.2 Å². The summed E-state index contributed by atoms with van der Waals surface area (Å²) in [5, 5.41) is 12.6. The maximum atomic E-state index is 12.8. The van der Waals surface area contributed by atoms with Crippen LogP contribution >= 0.6 is 11.3 Å². The lowest BCUT2D eigenvalue weighted by atomic mass is 9.82. The summed E-state index contributed by atoms with van der Waals surface area (Å²) in [6.45, 7) is 2.03. The van der Waals surface area contributed by atoms with Crippen molar-refractivity contribution >= 4 is 34.2 Å². The Bertz CT molecular complexity index is 934. The highest BCUT2D eigenvalue weighted by Gasteiger charge is 2.35. The number of hydrogen-bond donors (Lipinski definition) is 2. The zero-order valence-electron chi connectivity index (χ0n) is 16.3. The first-order chi connectivity index (χ1) is 13.9. The Morgan fingerprint density at radius 1 is 1.14 bits per heavy atom. The van der Waals surface area contributed by atoms with Gasteiger partial charge in [0.2, 0.25) is 5.91 Å². The molecule has 7 heteroatoms. The lowest BCUT2D eigenvalue weighted by Gasteiger charge is -2.24. The van der Waals surface area contributed by atoms with Crippen molar-refractivity contribution in [2.75, 3.05) is 12.4 Å². The fourth-order valence-electron chi connectivity index (χ4n) is 3.47. The van der Waals surface area contributed by atoms with E-state index in [-0.39, 0.29) is 11.5 Å². The van der Waals surface area contributed by atoms with Gasteiger partial charge < -0.3 is 15.2 Å². The smallest absolute Gasteiger partial charge is 0.340 e. The lowest BCUT2D eigenvalue weighted by molar-refractivity contribution is -0.146. The summed E-state index contributed by atoms with van der Waals surface area (Å²) in [7, 11) is 1.29. The molecule has 0 aliphatic heterocycles. The number of nitrogens with one attached hydrogen (secondary N) is 1. The summed E-state index contributed by atoms with van der Waals surface area (Å²) < 4.78 is 4.87. The maximum Gasteiger partial charge on any atom is 0.340 e. The summed E-state index contributed by atoms with van der Waals surface area (Å²) in [5.74, 6) is -3.36. The van der Waals surface area contributed by atoms with Gasteiger partial charge >= 0.3 is 11.9 Å². The molecule has 1 heterocycles. The Hall–Kier alpha value is -2.93. The molecule has 3 atom stereocenters. The number of hydrogen-bond acceptors (Lipinski definition) is 5. The number of ether oxygens (including phenoxy) is 1. The number of amides is 1. The second-order valence-corrected chi connectivity index (χ2v) is 8.08. The van der Waals surface area contributed by atoms with E-state index in [0.29, 0.717) is 17.8 Å². The topological polar surface area (TPSA) is 92.7 Å². The van der Waals surface area contributed by atoms with Gasteiger partial charge in [0.1, 0.15) is 5.00 Å². The highest BCUT2D eigenvalue weighted by Crippen LogP contribution is 2.37. The molecule has 0 unspecified atom stereocenters. The number of anilines is 1. The van der Waals surface area contributed by atoms with E-state index in [1.165, 1.54) is 18.4 Å². The normalized spacial score (nSPS) is 19.4. The summed E-state index contributed by atoms with van der Waals surface area (Å²) in [6.07, 6.45) is 4.28. The van der Waals surface area contributed by atoms with Gasteiger partial charge in [-0.2, -0.15) is 0 Å². The van der Waals surface area contributed by atoms with Crippen LogP contribution in [0, 0.1) is 11.8 Å². The maximum absolute atomic E-state index is 12.8. The predicted octanol–water partition coefficient (Wildman–Crippen LogP) is 4.29. The van der Waals surface area contributed by atoms with E-state index < -0.39 is 29.7 Å². The third kappa shape index (κ3) is 4.56. The van der Waals surface area contributed by atoms with Crippen LogP contribution in [0.5, 0.6) is 0 Å². The first-order valence-electron chi connectivity index (χ1n) is 9.38. The van der Waals surface area contributed by atoms with Gasteiger partial charge in [0, 0.05) is 10.8 Å². The molecule has 2 N–H and O–H groups in total. The molecule has 0 bridgehead atoms. The van der Waals surface area contributed by atoms with Crippen molar-refractivity contribution in [1.82, 2.24) is 0 Å². The summed E-state index contributed by atoms with van der Waals surface area (Å²) >= 11 is 1.31. The van der Waals surface area contributed by atoms with Gasteiger partial charge in [0.05, 0.1) is 24.5 Å². The molecule has 1 amide bonds. The van der Waals surface area contributed by atoms with Crippen LogP contribution in [0.15, 0.2) is 48.6 Å². The van der Waals surface area contributed by atoms with Crippen molar-refractivity contribution in [1.29, 1.82) is 0 Å². The van der Waals surface area contributed by atoms with Crippen LogP contribution < -0.4 is 5.32 Å². The number of methoxy groups -OCH3 is 1. The minimum absolute atomic E-state index is 0.0274. The molecule has 0 radical (unpaired) electrons. The minimum Gasteiger partial charge on any atom is -0.481 e. The number of allylic oxidation sites excluding steroid dienone is 2. The average molecular weight is 413 g/mol. The Morgan fingerprint density at radius 2 is 1.79 bits per heavy atom. The molecule has 0 spiro atoms. The Kier molecular flexibility index (Phi) is 6.49. The van der Waals surface area contributed by atoms with Gasteiger partial charge in [0.25, 0.3) is 0 Å². The van der Waals surface area contributed by atoms with Crippen LogP contribution in [0.3, 0.4) is 0 Å². The zero-order chi connectivity index (χ0) is 21.0. The molecular formula is C22H23NO5S. The molecule has 1 aliphatic rings. The number of carbonyl (C=O) groups excluding carboxylic acids is 2. The number of carbonyl (C=O) groups is 3. The number of benzene rings is 1. The van der Waals surface area contributed by atoms with Gasteiger partial charge in [-0.05, 0) is 24.5 Å². The first-order valence-corrected chi connectivity index (χ1v) is 10.2. The minimum atomic E-state index is -0.993. The third-order valence-electron chi connectivity index (χ3n) is 5.21. The number of carboxylic acid groups (broad SMARTS) is 1. The Morgan fingerprint density at radius 3 is 2.41 bits per heavy atom. The van der Waals surface area contributed by atoms with Crippen molar-refractivity contribution in [3.05, 3.63) is 64.6 Å². The number of thiophene rings is 1. The van der Waals surface area contributed by atoms with E-state index in [1.807, 2.05) is 43.3 Å². The SMILES string of the molecule is COC(=O)c1cc([C@H](C)c2ccccc2)sc1NC(=O)[C@H]1CC=CC[C@H]1C(=O)O. The number of carboxylic acids is 1. The van der Waals surface area contributed by atoms with Gasteiger partial charge in [-0.15, -0.1) is 11.3 Å². The summed E-state index contributed by atoms with van der Waals surface area (Å²) in [4.78, 5) is 37.5. The van der Waals surface area contributed by atoms with Crippen molar-refractivity contribution in [2.24, 2.45) is 11.8 Å². The molecule has 1 aromatic carbocycles. The second kappa shape index (κ2) is 9.05. The highest BCUT2D eigenvalue weighted by atomic mass is 32.1. The van der Waals surface area contributed by atoms with Crippen LogP contribution in [0.2, 0.25) is 0 Å². The summed E-state index contributed by atoms with van der Waals surface area (Å²) in [5.41, 5.74) is 1.37. The highest BCUT2D eigenvalue weighted by molar-refractivity contribution is 7.16. The van der Waals surface area contributed by atoms with Gasteiger partial charge in [-0.1, -0.05) is 49.4 Å². The summed E-state index contributed by atoms with van der Waals surface area (Å²) in [6, 6.07) is 11.6. The zero-order valence-corrected chi connectivity index (χ0v) is 17.1. The molecule has 2 aromatic rings. The standard InChI is InChI=1S/C22H23NO5S/c1-13(14-8-4-3-5-9-14)18-12-17(22(27)28-2)20(29-18)23-19(24)15-10-6-7-11-16(15)21(25)26/h3-9,12-13,15-16H,10-11H2,1-2H3,(H,23,24)(H,25,26)/t13-,15+,16-/m1/s1. The molecular weight excluding hydrogens is 390 g/mol. The van der Waals surface area contributed by atoms with E-state index in [4.69, 9.17) is 4.74 Å². The van der Waals surface area contributed by atoms with Crippen LogP contribution in [0.25, 0.3) is 0 Å². The van der Waals surface area contributed by atoms with Crippen molar-refractivity contribution in [3.8, 4) is 0 Å². The van der Waals surface area contributed by atoms with Gasteiger partial charge in [-0.25, -0.2) is 4.79 Å². The fraction of sp³-hybridized carbons (Fsp3) is 0.318. The quantitative estimate of drug-likeness (QED) is 0.544. The largest absolute Gasteiger partial charge is 0.481 e. The van der Waals surface area contributed by atoms with Gasteiger partial charge in [-0.3, -0.25) is 9.59 Å². The number of aliphatic carboxylic acids is 1. The van der Waals surface area contributed by atoms with Crippen LogP contribution in [0.4, 0.5) is 5.00 Å². The average Bonchev–Trinajstić information content (AvgIpc) is 3.16. The monoisotopic (exact) mass is 413 g/mol. The van der Waals surface area contributed by atoms with Gasteiger partial charge in [0.15, 0.2) is 0 Å². The van der Waals surface area contributed by atoms with E-state index >= 15 is 0 Å². The van der Waals surface area contributed by atoms with E-state index in [0.717, 1.165) is 10.4 Å². The molecule has 3 rings (SSSR count). The first kappa shape index (κ1) is 20.8. The Labute approximate surface area is 173 Å². The van der Waals surface area contributed by atoms with E-state index in [1.54, 1.807) is 12.1 Å². The molecule has 0 saturated carbocycles. The van der Waals surface area contributed by atoms with Crippen molar-refractivity contribution in [3.63, 3.8) is 0 Å². The molecule has 6 nitrogen and oxygen atoms in total. The van der Waals surface area contributed by atoms with Crippen molar-refractivity contribution in [2.45, 2.75) is 25.7 Å².